The summed E-state index contributed by atoms with van der Waals surface area (Å²) in [5.41, 5.74) is 0.477. The number of hydrogen-bond acceptors (Lipinski definition) is 4. The summed E-state index contributed by atoms with van der Waals surface area (Å²) in [5.74, 6) is 0.164. The highest BCUT2D eigenvalue weighted by molar-refractivity contribution is 5.80. The van der Waals surface area contributed by atoms with Gasteiger partial charge in [0.1, 0.15) is 5.75 Å². The molecule has 0 heterocycles. The first-order valence-electron chi connectivity index (χ1n) is 5.22. The lowest BCUT2D eigenvalue weighted by Gasteiger charge is -2.14. The van der Waals surface area contributed by atoms with Crippen molar-refractivity contribution < 1.29 is 14.6 Å². The molecule has 0 aliphatic rings. The van der Waals surface area contributed by atoms with Crippen molar-refractivity contribution in [1.82, 2.24) is 5.32 Å². The molecule has 5 heteroatoms. The summed E-state index contributed by atoms with van der Waals surface area (Å²) in [6.45, 7) is 1.69. The standard InChI is InChI=1S/C12H14N2O3/c1-9(12(16)14-5-6-15)17-11-4-2-3-10(7-11)8-13/h2-4,7,9,15H,5-6H2,1H3,(H,14,16). The molecule has 2 N–H and O–H groups in total. The lowest BCUT2D eigenvalue weighted by atomic mass is 10.2. The predicted octanol–water partition coefficient (Wildman–Crippen LogP) is 0.434. The van der Waals surface area contributed by atoms with Gasteiger partial charge >= 0.3 is 0 Å². The number of nitriles is 1. The third-order valence-electron chi connectivity index (χ3n) is 2.06. The molecule has 0 fully saturated rings. The third-order valence-corrected chi connectivity index (χ3v) is 2.06. The summed E-state index contributed by atoms with van der Waals surface area (Å²) >= 11 is 0. The van der Waals surface area contributed by atoms with Crippen LogP contribution in [0.15, 0.2) is 24.3 Å². The fourth-order valence-electron chi connectivity index (χ4n) is 1.22. The maximum atomic E-state index is 11.4. The van der Waals surface area contributed by atoms with Crippen molar-refractivity contribution in [2.24, 2.45) is 0 Å². The van der Waals surface area contributed by atoms with Crippen LogP contribution in [0.25, 0.3) is 0 Å². The molecule has 5 nitrogen and oxygen atoms in total. The third kappa shape index (κ3) is 4.13. The summed E-state index contributed by atoms with van der Waals surface area (Å²) in [6, 6.07) is 8.58. The van der Waals surface area contributed by atoms with Gasteiger partial charge in [-0.05, 0) is 25.1 Å². The van der Waals surface area contributed by atoms with Gasteiger partial charge in [-0.3, -0.25) is 4.79 Å². The predicted molar refractivity (Wildman–Crippen MR) is 61.3 cm³/mol. The van der Waals surface area contributed by atoms with Crippen molar-refractivity contribution in [2.75, 3.05) is 13.2 Å². The topological polar surface area (TPSA) is 82.3 Å². The Balaban J connectivity index is 2.58. The number of ether oxygens (including phenoxy) is 1. The Morgan fingerprint density at radius 3 is 3.06 bits per heavy atom. The van der Waals surface area contributed by atoms with Crippen LogP contribution in [-0.2, 0) is 4.79 Å². The van der Waals surface area contributed by atoms with Gasteiger partial charge in [0.15, 0.2) is 6.10 Å². The zero-order chi connectivity index (χ0) is 12.7. The molecule has 1 aromatic rings. The molecule has 0 aromatic heterocycles. The Morgan fingerprint density at radius 1 is 1.65 bits per heavy atom. The quantitative estimate of drug-likeness (QED) is 0.774. The molecule has 0 aliphatic carbocycles. The van der Waals surface area contributed by atoms with Crippen LogP contribution in [0.1, 0.15) is 12.5 Å². The Bertz CT molecular complexity index is 426. The summed E-state index contributed by atoms with van der Waals surface area (Å²) in [5, 5.41) is 19.8. The van der Waals surface area contributed by atoms with Gasteiger partial charge in [-0.15, -0.1) is 0 Å². The molecule has 1 rings (SSSR count). The molecule has 0 radical (unpaired) electrons. The normalized spacial score (nSPS) is 11.4. The molecule has 90 valence electrons. The summed E-state index contributed by atoms with van der Waals surface area (Å²) in [4.78, 5) is 11.4. The van der Waals surface area contributed by atoms with Crippen molar-refractivity contribution >= 4 is 5.91 Å². The zero-order valence-electron chi connectivity index (χ0n) is 9.51. The second-order valence-corrected chi connectivity index (χ2v) is 3.41. The van der Waals surface area contributed by atoms with Crippen LogP contribution in [0.2, 0.25) is 0 Å². The van der Waals surface area contributed by atoms with Gasteiger partial charge in [0.25, 0.3) is 5.91 Å². The minimum Gasteiger partial charge on any atom is -0.481 e. The van der Waals surface area contributed by atoms with Gasteiger partial charge in [0.2, 0.25) is 0 Å². The molecule has 0 spiro atoms. The minimum atomic E-state index is -0.671. The highest BCUT2D eigenvalue weighted by atomic mass is 16.5. The van der Waals surface area contributed by atoms with Gasteiger partial charge in [-0.2, -0.15) is 5.26 Å². The van der Waals surface area contributed by atoms with Crippen LogP contribution < -0.4 is 10.1 Å². The Hall–Kier alpha value is -2.06. The van der Waals surface area contributed by atoms with E-state index in [2.05, 4.69) is 5.32 Å². The monoisotopic (exact) mass is 234 g/mol. The highest BCUT2D eigenvalue weighted by Crippen LogP contribution is 2.14. The van der Waals surface area contributed by atoms with E-state index >= 15 is 0 Å². The van der Waals surface area contributed by atoms with Crippen LogP contribution in [0, 0.1) is 11.3 Å². The smallest absolute Gasteiger partial charge is 0.260 e. The Morgan fingerprint density at radius 2 is 2.41 bits per heavy atom. The van der Waals surface area contributed by atoms with Gasteiger partial charge in [-0.1, -0.05) is 6.07 Å². The zero-order valence-corrected chi connectivity index (χ0v) is 9.51. The molecule has 1 aromatic carbocycles. The van der Waals surface area contributed by atoms with Gasteiger partial charge < -0.3 is 15.2 Å². The summed E-state index contributed by atoms with van der Waals surface area (Å²) in [7, 11) is 0. The maximum absolute atomic E-state index is 11.4. The average molecular weight is 234 g/mol. The van der Waals surface area contributed by atoms with E-state index in [1.54, 1.807) is 31.2 Å². The molecular formula is C12H14N2O3. The molecule has 1 amide bonds. The lowest BCUT2D eigenvalue weighted by molar-refractivity contribution is -0.127. The molecule has 1 atom stereocenters. The van der Waals surface area contributed by atoms with Crippen LogP contribution >= 0.6 is 0 Å². The molecule has 1 unspecified atom stereocenters. The van der Waals surface area contributed by atoms with Crippen LogP contribution in [0.5, 0.6) is 5.75 Å². The number of aliphatic hydroxyl groups excluding tert-OH is 1. The first-order valence-corrected chi connectivity index (χ1v) is 5.22. The number of amides is 1. The Kier molecular flexibility index (Phi) is 4.98. The fraction of sp³-hybridized carbons (Fsp3) is 0.333. The molecule has 17 heavy (non-hydrogen) atoms. The molecule has 0 saturated carbocycles. The average Bonchev–Trinajstić information content (AvgIpc) is 2.36. The second-order valence-electron chi connectivity index (χ2n) is 3.41. The number of nitrogens with zero attached hydrogens (tertiary/aromatic N) is 1. The Labute approximate surface area is 99.6 Å². The number of rotatable bonds is 5. The number of hydrogen-bond donors (Lipinski definition) is 2. The lowest BCUT2D eigenvalue weighted by Crippen LogP contribution is -2.37. The van der Waals surface area contributed by atoms with Gasteiger partial charge in [-0.25, -0.2) is 0 Å². The van der Waals surface area contributed by atoms with Crippen LogP contribution in [0.3, 0.4) is 0 Å². The summed E-state index contributed by atoms with van der Waals surface area (Å²) in [6.07, 6.45) is -0.671. The number of carbonyl (C=O) groups excluding carboxylic acids is 1. The van der Waals surface area contributed by atoms with Crippen molar-refractivity contribution in [1.29, 1.82) is 5.26 Å². The number of benzene rings is 1. The number of nitrogens with one attached hydrogen (secondary N) is 1. The largest absolute Gasteiger partial charge is 0.481 e. The molecular weight excluding hydrogens is 220 g/mol. The van der Waals surface area contributed by atoms with E-state index in [0.717, 1.165) is 0 Å². The van der Waals surface area contributed by atoms with E-state index in [0.29, 0.717) is 11.3 Å². The molecule has 0 saturated heterocycles. The maximum Gasteiger partial charge on any atom is 0.260 e. The highest BCUT2D eigenvalue weighted by Gasteiger charge is 2.13. The van der Waals surface area contributed by atoms with E-state index in [1.165, 1.54) is 0 Å². The van der Waals surface area contributed by atoms with Crippen molar-refractivity contribution in [3.05, 3.63) is 29.8 Å². The minimum absolute atomic E-state index is 0.109. The van der Waals surface area contributed by atoms with Gasteiger partial charge in [0, 0.05) is 6.54 Å². The first-order chi connectivity index (χ1) is 8.17. The van der Waals surface area contributed by atoms with E-state index in [1.807, 2.05) is 6.07 Å². The van der Waals surface area contributed by atoms with E-state index in [9.17, 15) is 4.79 Å². The molecule has 0 bridgehead atoms. The SMILES string of the molecule is CC(Oc1cccc(C#N)c1)C(=O)NCCO. The van der Waals surface area contributed by atoms with Crippen LogP contribution in [0.4, 0.5) is 0 Å². The first kappa shape index (κ1) is 13.0. The van der Waals surface area contributed by atoms with Crippen molar-refractivity contribution in [2.45, 2.75) is 13.0 Å². The van der Waals surface area contributed by atoms with E-state index < -0.39 is 6.10 Å². The van der Waals surface area contributed by atoms with Gasteiger partial charge in [0.05, 0.1) is 18.2 Å². The van der Waals surface area contributed by atoms with E-state index in [-0.39, 0.29) is 19.1 Å². The second kappa shape index (κ2) is 6.51. The number of aliphatic hydroxyl groups is 1. The number of carbonyl (C=O) groups is 1. The molecule has 0 aliphatic heterocycles. The van der Waals surface area contributed by atoms with Crippen molar-refractivity contribution in [3.63, 3.8) is 0 Å². The van der Waals surface area contributed by atoms with Crippen LogP contribution in [-0.4, -0.2) is 30.3 Å². The summed E-state index contributed by atoms with van der Waals surface area (Å²) < 4.78 is 5.37. The van der Waals surface area contributed by atoms with Crippen molar-refractivity contribution in [3.8, 4) is 11.8 Å². The van der Waals surface area contributed by atoms with E-state index in [4.69, 9.17) is 15.1 Å². The fourth-order valence-corrected chi connectivity index (χ4v) is 1.22.